The van der Waals surface area contributed by atoms with E-state index in [0.717, 1.165) is 18.0 Å². The molecule has 0 saturated carbocycles. The van der Waals surface area contributed by atoms with Crippen LogP contribution in [-0.2, 0) is 11.6 Å². The van der Waals surface area contributed by atoms with Gasteiger partial charge in [-0.3, -0.25) is 4.98 Å². The van der Waals surface area contributed by atoms with E-state index in [9.17, 15) is 13.2 Å². The second kappa shape index (κ2) is 4.85. The summed E-state index contributed by atoms with van der Waals surface area (Å²) in [5, 5.41) is 0. The fourth-order valence-corrected chi connectivity index (χ4v) is 1.66. The highest BCUT2D eigenvalue weighted by molar-refractivity contribution is 5.57. The lowest BCUT2D eigenvalue weighted by Crippen LogP contribution is -2.12. The maximum absolute atomic E-state index is 12.4. The lowest BCUT2D eigenvalue weighted by Gasteiger charge is -2.19. The van der Waals surface area contributed by atoms with Crippen LogP contribution in [-0.4, -0.2) is 15.0 Å². The normalized spacial score (nSPS) is 12.5. The maximum atomic E-state index is 12.4. The molecule has 2 rings (SSSR count). The van der Waals surface area contributed by atoms with Gasteiger partial charge in [0.25, 0.3) is 0 Å². The van der Waals surface area contributed by atoms with E-state index < -0.39 is 12.0 Å². The Labute approximate surface area is 114 Å². The van der Waals surface area contributed by atoms with Crippen molar-refractivity contribution in [1.29, 1.82) is 0 Å². The molecule has 2 aromatic heterocycles. The molecule has 6 heteroatoms. The number of pyridine rings is 1. The average Bonchev–Trinajstić information content (AvgIpc) is 2.37. The highest BCUT2D eigenvalue weighted by Crippen LogP contribution is 2.28. The molecule has 0 fully saturated rings. The minimum atomic E-state index is -4.53. The summed E-state index contributed by atoms with van der Waals surface area (Å²) >= 11 is 0. The third kappa shape index (κ3) is 3.12. The number of hydrogen-bond donors (Lipinski definition) is 0. The van der Waals surface area contributed by atoms with Gasteiger partial charge in [-0.2, -0.15) is 13.2 Å². The van der Waals surface area contributed by atoms with Crippen LogP contribution in [0.3, 0.4) is 0 Å². The van der Waals surface area contributed by atoms with Gasteiger partial charge in [-0.1, -0.05) is 20.8 Å². The predicted molar refractivity (Wildman–Crippen MR) is 69.0 cm³/mol. The van der Waals surface area contributed by atoms with Crippen molar-refractivity contribution >= 4 is 0 Å². The zero-order chi connectivity index (χ0) is 15.0. The number of halogens is 3. The van der Waals surface area contributed by atoms with E-state index in [1.165, 1.54) is 0 Å². The first-order chi connectivity index (χ1) is 9.18. The lowest BCUT2D eigenvalue weighted by molar-refractivity contribution is -0.144. The van der Waals surface area contributed by atoms with Gasteiger partial charge in [0, 0.05) is 24.2 Å². The number of nitrogens with zero attached hydrogens (tertiary/aromatic N) is 3. The third-order valence-corrected chi connectivity index (χ3v) is 2.83. The molecule has 106 valence electrons. The second-order valence-corrected chi connectivity index (χ2v) is 5.47. The number of hydrogen-bond acceptors (Lipinski definition) is 3. The Morgan fingerprint density at radius 2 is 1.55 bits per heavy atom. The second-order valence-electron chi connectivity index (χ2n) is 5.47. The molecule has 0 radical (unpaired) electrons. The number of aromatic nitrogens is 3. The van der Waals surface area contributed by atoms with Crippen molar-refractivity contribution in [2.24, 2.45) is 0 Å². The van der Waals surface area contributed by atoms with Crippen LogP contribution in [0.25, 0.3) is 11.3 Å². The predicted octanol–water partition coefficient (Wildman–Crippen LogP) is 3.85. The molecule has 2 aromatic rings. The van der Waals surface area contributed by atoms with Crippen LogP contribution in [0.1, 0.15) is 32.2 Å². The van der Waals surface area contributed by atoms with Crippen molar-refractivity contribution in [3.05, 3.63) is 42.1 Å². The summed E-state index contributed by atoms with van der Waals surface area (Å²) in [6.45, 7) is 6.15. The van der Waals surface area contributed by atoms with Crippen molar-refractivity contribution in [1.82, 2.24) is 15.0 Å². The summed E-state index contributed by atoms with van der Waals surface area (Å²) in [4.78, 5) is 10.8. The van der Waals surface area contributed by atoms with Gasteiger partial charge in [-0.05, 0) is 23.1 Å². The summed E-state index contributed by atoms with van der Waals surface area (Å²) in [5.74, 6) is -1.15. The standard InChI is InChI=1S/C14H14F3N3/c1-13(2,3)10-4-5-18-11(6-10)9-7-19-12(20-8-9)14(15,16)17/h4-8H,1-3H3. The van der Waals surface area contributed by atoms with E-state index in [1.54, 1.807) is 6.20 Å². The van der Waals surface area contributed by atoms with Crippen LogP contribution in [0.4, 0.5) is 13.2 Å². The number of rotatable bonds is 1. The average molecular weight is 281 g/mol. The Hall–Kier alpha value is -1.98. The summed E-state index contributed by atoms with van der Waals surface area (Å²) < 4.78 is 37.2. The SMILES string of the molecule is CC(C)(C)c1ccnc(-c2cnc(C(F)(F)F)nc2)c1. The van der Waals surface area contributed by atoms with Crippen LogP contribution >= 0.6 is 0 Å². The third-order valence-electron chi connectivity index (χ3n) is 2.83. The molecule has 0 aliphatic carbocycles. The Morgan fingerprint density at radius 1 is 0.950 bits per heavy atom. The zero-order valence-electron chi connectivity index (χ0n) is 11.4. The monoisotopic (exact) mass is 281 g/mol. The van der Waals surface area contributed by atoms with Gasteiger partial charge >= 0.3 is 6.18 Å². The van der Waals surface area contributed by atoms with E-state index in [1.807, 2.05) is 12.1 Å². The molecule has 0 saturated heterocycles. The van der Waals surface area contributed by atoms with Gasteiger partial charge in [0.15, 0.2) is 0 Å². The molecule has 0 unspecified atom stereocenters. The topological polar surface area (TPSA) is 38.7 Å². The van der Waals surface area contributed by atoms with E-state index >= 15 is 0 Å². The molecule has 20 heavy (non-hydrogen) atoms. The molecule has 0 amide bonds. The van der Waals surface area contributed by atoms with Gasteiger partial charge in [0.2, 0.25) is 5.82 Å². The van der Waals surface area contributed by atoms with Crippen LogP contribution in [0.15, 0.2) is 30.7 Å². The fourth-order valence-electron chi connectivity index (χ4n) is 1.66. The Bertz CT molecular complexity index is 598. The molecule has 0 spiro atoms. The van der Waals surface area contributed by atoms with Gasteiger partial charge in [0.1, 0.15) is 0 Å². The van der Waals surface area contributed by atoms with Crippen LogP contribution in [0.5, 0.6) is 0 Å². The lowest BCUT2D eigenvalue weighted by atomic mass is 9.87. The molecular formula is C14H14F3N3. The van der Waals surface area contributed by atoms with Gasteiger partial charge in [0.05, 0.1) is 5.69 Å². The molecule has 2 heterocycles. The summed E-state index contributed by atoms with van der Waals surface area (Å²) in [6.07, 6.45) is -0.609. The van der Waals surface area contributed by atoms with Crippen molar-refractivity contribution in [3.8, 4) is 11.3 Å². The maximum Gasteiger partial charge on any atom is 0.451 e. The minimum Gasteiger partial charge on any atom is -0.256 e. The van der Waals surface area contributed by atoms with Crippen molar-refractivity contribution in [2.75, 3.05) is 0 Å². The number of alkyl halides is 3. The molecule has 3 nitrogen and oxygen atoms in total. The Balaban J connectivity index is 2.38. The minimum absolute atomic E-state index is 0.0650. The van der Waals surface area contributed by atoms with Crippen LogP contribution < -0.4 is 0 Å². The van der Waals surface area contributed by atoms with Crippen molar-refractivity contribution in [2.45, 2.75) is 32.4 Å². The summed E-state index contributed by atoms with van der Waals surface area (Å²) in [6, 6.07) is 3.72. The summed E-state index contributed by atoms with van der Waals surface area (Å²) in [5.41, 5.74) is 2.00. The smallest absolute Gasteiger partial charge is 0.256 e. The van der Waals surface area contributed by atoms with E-state index in [-0.39, 0.29) is 5.41 Å². The molecular weight excluding hydrogens is 267 g/mol. The molecule has 0 aromatic carbocycles. The van der Waals surface area contributed by atoms with Crippen LogP contribution in [0.2, 0.25) is 0 Å². The molecule has 0 bridgehead atoms. The molecule has 0 aliphatic heterocycles. The first kappa shape index (κ1) is 14.4. The quantitative estimate of drug-likeness (QED) is 0.796. The Morgan fingerprint density at radius 3 is 2.05 bits per heavy atom. The highest BCUT2D eigenvalue weighted by Gasteiger charge is 2.34. The van der Waals surface area contributed by atoms with E-state index in [4.69, 9.17) is 0 Å². The highest BCUT2D eigenvalue weighted by atomic mass is 19.4. The molecule has 0 aliphatic rings. The Kier molecular flexibility index (Phi) is 3.50. The van der Waals surface area contributed by atoms with Crippen LogP contribution in [0, 0.1) is 0 Å². The van der Waals surface area contributed by atoms with Gasteiger partial charge < -0.3 is 0 Å². The van der Waals surface area contributed by atoms with Crippen molar-refractivity contribution in [3.63, 3.8) is 0 Å². The first-order valence-electron chi connectivity index (χ1n) is 6.04. The molecule has 0 atom stereocenters. The van der Waals surface area contributed by atoms with Gasteiger partial charge in [-0.25, -0.2) is 9.97 Å². The molecule has 0 N–H and O–H groups in total. The van der Waals surface area contributed by atoms with E-state index in [2.05, 4.69) is 35.7 Å². The van der Waals surface area contributed by atoms with E-state index in [0.29, 0.717) is 11.3 Å². The first-order valence-corrected chi connectivity index (χ1v) is 6.04. The largest absolute Gasteiger partial charge is 0.451 e. The fraction of sp³-hybridized carbons (Fsp3) is 0.357. The zero-order valence-corrected chi connectivity index (χ0v) is 11.4. The van der Waals surface area contributed by atoms with Gasteiger partial charge in [-0.15, -0.1) is 0 Å². The summed E-state index contributed by atoms with van der Waals surface area (Å²) in [7, 11) is 0. The van der Waals surface area contributed by atoms with Crippen molar-refractivity contribution < 1.29 is 13.2 Å².